The van der Waals surface area contributed by atoms with Crippen molar-refractivity contribution in [3.05, 3.63) is 11.3 Å². The van der Waals surface area contributed by atoms with Crippen molar-refractivity contribution in [3.8, 4) is 0 Å². The van der Waals surface area contributed by atoms with Gasteiger partial charge in [-0.15, -0.1) is 0 Å². The molecule has 1 N–H and O–H groups in total. The third-order valence-electron chi connectivity index (χ3n) is 3.16. The lowest BCUT2D eigenvalue weighted by atomic mass is 10.1. The highest BCUT2D eigenvalue weighted by molar-refractivity contribution is 6.16. The summed E-state index contributed by atoms with van der Waals surface area (Å²) in [6.07, 6.45) is 0.821. The number of hydroxylamine groups is 2. The molecule has 1 saturated heterocycles. The molecule has 1 rings (SSSR count). The van der Waals surface area contributed by atoms with Crippen LogP contribution in [0, 0.1) is 0 Å². The molecular weight excluding hydrogens is 292 g/mol. The number of nitrogens with one attached hydrogen (secondary N) is 1. The quantitative estimate of drug-likeness (QED) is 0.245. The van der Waals surface area contributed by atoms with Crippen molar-refractivity contribution in [2.45, 2.75) is 32.7 Å². The molecule has 22 heavy (non-hydrogen) atoms. The van der Waals surface area contributed by atoms with E-state index in [-0.39, 0.29) is 18.8 Å². The molecule has 0 spiro atoms. The third-order valence-corrected chi connectivity index (χ3v) is 3.16. The number of ether oxygens (including phenoxy) is 2. The van der Waals surface area contributed by atoms with Gasteiger partial charge in [-0.25, -0.2) is 14.7 Å². The lowest BCUT2D eigenvalue weighted by Gasteiger charge is -2.17. The first-order valence-corrected chi connectivity index (χ1v) is 7.11. The van der Waals surface area contributed by atoms with Crippen LogP contribution in [-0.4, -0.2) is 56.3 Å². The Balaban J connectivity index is 3.02. The zero-order valence-electron chi connectivity index (χ0n) is 13.3. The third kappa shape index (κ3) is 4.20. The zero-order valence-corrected chi connectivity index (χ0v) is 13.3. The molecular formula is C14H22N2O6. The van der Waals surface area contributed by atoms with Gasteiger partial charge in [0.2, 0.25) is 0 Å². The molecule has 1 heterocycles. The summed E-state index contributed by atoms with van der Waals surface area (Å²) in [5, 5.41) is 3.81. The van der Waals surface area contributed by atoms with E-state index in [4.69, 9.17) is 14.3 Å². The molecule has 0 aromatic carbocycles. The summed E-state index contributed by atoms with van der Waals surface area (Å²) in [6.45, 7) is 3.77. The van der Waals surface area contributed by atoms with Gasteiger partial charge in [0.05, 0.1) is 20.3 Å². The maximum absolute atomic E-state index is 12.3. The maximum atomic E-state index is 12.3. The van der Waals surface area contributed by atoms with Gasteiger partial charge in [-0.05, 0) is 26.7 Å². The van der Waals surface area contributed by atoms with E-state index in [2.05, 4.69) is 5.32 Å². The molecule has 0 radical (unpaired) electrons. The number of allylic oxidation sites excluding steroid dienone is 1. The van der Waals surface area contributed by atoms with Gasteiger partial charge in [0.1, 0.15) is 11.6 Å². The van der Waals surface area contributed by atoms with Crippen molar-refractivity contribution in [2.75, 3.05) is 27.4 Å². The van der Waals surface area contributed by atoms with Crippen molar-refractivity contribution in [2.24, 2.45) is 0 Å². The molecule has 0 bridgehead atoms. The highest BCUT2D eigenvalue weighted by Gasteiger charge is 2.34. The minimum atomic E-state index is -0.747. The number of hydrogen-bond acceptors (Lipinski definition) is 7. The first-order valence-electron chi connectivity index (χ1n) is 7.11. The average molecular weight is 314 g/mol. The van der Waals surface area contributed by atoms with Gasteiger partial charge >= 0.3 is 11.9 Å². The predicted molar refractivity (Wildman–Crippen MR) is 76.2 cm³/mol. The molecule has 1 atom stereocenters. The number of carbonyl (C=O) groups is 3. The van der Waals surface area contributed by atoms with Crippen molar-refractivity contribution in [3.63, 3.8) is 0 Å². The normalized spacial score (nSPS) is 19.2. The van der Waals surface area contributed by atoms with Gasteiger partial charge in [0.25, 0.3) is 5.91 Å². The molecule has 0 aromatic heterocycles. The van der Waals surface area contributed by atoms with Gasteiger partial charge in [-0.2, -0.15) is 0 Å². The second-order valence-electron chi connectivity index (χ2n) is 4.55. The maximum Gasteiger partial charge on any atom is 0.345 e. The van der Waals surface area contributed by atoms with Crippen molar-refractivity contribution in [1.29, 1.82) is 0 Å². The van der Waals surface area contributed by atoms with E-state index >= 15 is 0 Å². The lowest BCUT2D eigenvalue weighted by molar-refractivity contribution is -0.166. The van der Waals surface area contributed by atoms with E-state index in [1.165, 1.54) is 14.2 Å². The second-order valence-corrected chi connectivity index (χ2v) is 4.55. The molecule has 8 nitrogen and oxygen atoms in total. The highest BCUT2D eigenvalue weighted by atomic mass is 16.7. The summed E-state index contributed by atoms with van der Waals surface area (Å²) in [5.74, 6) is -1.79. The van der Waals surface area contributed by atoms with E-state index < -0.39 is 23.9 Å². The van der Waals surface area contributed by atoms with E-state index in [1.807, 2.05) is 0 Å². The Kier molecular flexibility index (Phi) is 6.84. The minimum absolute atomic E-state index is 0.140. The number of amides is 1. The Bertz CT molecular complexity index is 474. The fraction of sp³-hybridized carbons (Fsp3) is 0.643. The molecule has 124 valence electrons. The largest absolute Gasteiger partial charge is 0.464 e. The van der Waals surface area contributed by atoms with Gasteiger partial charge in [0.15, 0.2) is 0 Å². The molecule has 1 aliphatic rings. The molecule has 0 saturated carbocycles. The summed E-state index contributed by atoms with van der Waals surface area (Å²) in [7, 11) is 2.70. The average Bonchev–Trinajstić information content (AvgIpc) is 2.96. The van der Waals surface area contributed by atoms with E-state index in [9.17, 15) is 14.4 Å². The standard InChI is InChI=1S/C14H22N2O6/c1-5-21-13(18)10-8-7-9(15-10)11(14(19)22-6-2)12(17)16(3)20-4/h10,15H,5-8H2,1-4H3/b11-9+/t10-/m0/s1. The monoisotopic (exact) mass is 314 g/mol. The smallest absolute Gasteiger partial charge is 0.345 e. The second kappa shape index (κ2) is 8.38. The van der Waals surface area contributed by atoms with Crippen LogP contribution in [-0.2, 0) is 28.7 Å². The first-order chi connectivity index (χ1) is 10.5. The molecule has 1 fully saturated rings. The lowest BCUT2D eigenvalue weighted by Crippen LogP contribution is -2.36. The Morgan fingerprint density at radius 1 is 1.23 bits per heavy atom. The van der Waals surface area contributed by atoms with Gasteiger partial charge in [0, 0.05) is 12.7 Å². The number of rotatable bonds is 6. The van der Waals surface area contributed by atoms with Crippen LogP contribution in [0.1, 0.15) is 26.7 Å². The summed E-state index contributed by atoms with van der Waals surface area (Å²) in [6, 6.07) is -0.569. The predicted octanol–water partition coefficient (Wildman–Crippen LogP) is 0.139. The number of hydrogen-bond donors (Lipinski definition) is 1. The van der Waals surface area contributed by atoms with Crippen LogP contribution in [0.3, 0.4) is 0 Å². The van der Waals surface area contributed by atoms with Crippen LogP contribution < -0.4 is 5.32 Å². The minimum Gasteiger partial charge on any atom is -0.464 e. The van der Waals surface area contributed by atoms with Crippen molar-refractivity contribution < 1.29 is 28.7 Å². The van der Waals surface area contributed by atoms with Crippen LogP contribution in [0.25, 0.3) is 0 Å². The van der Waals surface area contributed by atoms with Crippen LogP contribution in [0.2, 0.25) is 0 Å². The first kappa shape index (κ1) is 18.0. The molecule has 1 amide bonds. The molecule has 0 unspecified atom stereocenters. The number of carbonyl (C=O) groups excluding carboxylic acids is 3. The molecule has 0 aliphatic carbocycles. The van der Waals surface area contributed by atoms with Gasteiger partial charge < -0.3 is 14.8 Å². The summed E-state index contributed by atoms with van der Waals surface area (Å²) >= 11 is 0. The van der Waals surface area contributed by atoms with Crippen molar-refractivity contribution >= 4 is 17.8 Å². The Hall–Kier alpha value is -2.09. The van der Waals surface area contributed by atoms with Crippen LogP contribution in [0.15, 0.2) is 11.3 Å². The summed E-state index contributed by atoms with van der Waals surface area (Å²) < 4.78 is 9.85. The van der Waals surface area contributed by atoms with Crippen LogP contribution >= 0.6 is 0 Å². The topological polar surface area (TPSA) is 94.2 Å². The summed E-state index contributed by atoms with van der Waals surface area (Å²) in [5.41, 5.74) is 0.211. The molecule has 1 aliphatic heterocycles. The number of likely N-dealkylation sites (N-methyl/N-ethyl adjacent to an activating group) is 1. The Labute approximate surface area is 129 Å². The SMILES string of the molecule is CCOC(=O)/C(C(=O)N(C)OC)=C1\CC[C@@H](C(=O)OCC)N1. The highest BCUT2D eigenvalue weighted by Crippen LogP contribution is 2.22. The fourth-order valence-corrected chi connectivity index (χ4v) is 2.04. The summed E-state index contributed by atoms with van der Waals surface area (Å²) in [4.78, 5) is 40.9. The molecule has 0 aromatic rings. The number of nitrogens with zero attached hydrogens (tertiary/aromatic N) is 1. The van der Waals surface area contributed by atoms with E-state index in [0.717, 1.165) is 5.06 Å². The van der Waals surface area contributed by atoms with E-state index in [0.29, 0.717) is 18.5 Å². The Morgan fingerprint density at radius 2 is 1.86 bits per heavy atom. The van der Waals surface area contributed by atoms with Crippen molar-refractivity contribution in [1.82, 2.24) is 10.4 Å². The number of esters is 2. The van der Waals surface area contributed by atoms with E-state index in [1.54, 1.807) is 13.8 Å². The van der Waals surface area contributed by atoms with Gasteiger partial charge in [-0.3, -0.25) is 9.63 Å². The molecule has 8 heteroatoms. The zero-order chi connectivity index (χ0) is 16.7. The fourth-order valence-electron chi connectivity index (χ4n) is 2.04. The Morgan fingerprint density at radius 3 is 2.41 bits per heavy atom. The van der Waals surface area contributed by atoms with Gasteiger partial charge in [-0.1, -0.05) is 0 Å². The van der Waals surface area contributed by atoms with Crippen LogP contribution in [0.4, 0.5) is 0 Å². The van der Waals surface area contributed by atoms with Crippen LogP contribution in [0.5, 0.6) is 0 Å².